The van der Waals surface area contributed by atoms with Crippen molar-refractivity contribution >= 4 is 17.8 Å². The van der Waals surface area contributed by atoms with E-state index in [1.807, 2.05) is 44.2 Å². The van der Waals surface area contributed by atoms with Gasteiger partial charge in [-0.2, -0.15) is 0 Å². The first-order valence-corrected chi connectivity index (χ1v) is 10.6. The predicted octanol–water partition coefficient (Wildman–Crippen LogP) is 2.07. The molecule has 0 aliphatic carbocycles. The van der Waals surface area contributed by atoms with E-state index >= 15 is 0 Å². The largest absolute Gasteiger partial charge is 0.477 e. The van der Waals surface area contributed by atoms with E-state index in [0.29, 0.717) is 18.8 Å². The Morgan fingerprint density at radius 1 is 1.12 bits per heavy atom. The molecule has 0 radical (unpaired) electrons. The molecule has 1 fully saturated rings. The second kappa shape index (κ2) is 11.2. The fraction of sp³-hybridized carbons (Fsp3) is 0.522. The van der Waals surface area contributed by atoms with Crippen molar-refractivity contribution in [2.75, 3.05) is 19.8 Å². The zero-order chi connectivity index (χ0) is 23.9. The molecule has 1 aromatic carbocycles. The molecule has 2 atom stereocenters. The average Bonchev–Trinajstić information content (AvgIpc) is 2.72. The topological polar surface area (TPSA) is 114 Å². The molecular formula is C23H32N2O7. The minimum absolute atomic E-state index is 0.0656. The van der Waals surface area contributed by atoms with Gasteiger partial charge in [-0.05, 0) is 45.8 Å². The van der Waals surface area contributed by atoms with Gasteiger partial charge in [0.1, 0.15) is 12.3 Å². The normalized spacial score (nSPS) is 18.2. The minimum Gasteiger partial charge on any atom is -0.477 e. The van der Waals surface area contributed by atoms with Gasteiger partial charge in [-0.25, -0.2) is 4.79 Å². The van der Waals surface area contributed by atoms with Crippen molar-refractivity contribution in [3.63, 3.8) is 0 Å². The van der Waals surface area contributed by atoms with E-state index in [0.717, 1.165) is 10.5 Å². The van der Waals surface area contributed by atoms with Crippen molar-refractivity contribution in [2.45, 2.75) is 59.1 Å². The summed E-state index contributed by atoms with van der Waals surface area (Å²) in [7, 11) is 0. The fourth-order valence-electron chi connectivity index (χ4n) is 3.54. The van der Waals surface area contributed by atoms with Crippen LogP contribution >= 0.6 is 0 Å². The third-order valence-corrected chi connectivity index (χ3v) is 4.90. The Morgan fingerprint density at radius 2 is 1.72 bits per heavy atom. The first-order chi connectivity index (χ1) is 15.1. The summed E-state index contributed by atoms with van der Waals surface area (Å²) in [4.78, 5) is 38.3. The Bertz CT molecular complexity index is 843. The van der Waals surface area contributed by atoms with E-state index in [1.54, 1.807) is 20.8 Å². The maximum absolute atomic E-state index is 12.9. The quantitative estimate of drug-likeness (QED) is 0.286. The molecule has 0 spiro atoms. The average molecular weight is 449 g/mol. The molecule has 2 rings (SSSR count). The van der Waals surface area contributed by atoms with E-state index in [4.69, 9.17) is 14.2 Å². The highest BCUT2D eigenvalue weighted by molar-refractivity contribution is 6.00. The van der Waals surface area contributed by atoms with Gasteiger partial charge in [0.05, 0.1) is 6.42 Å². The summed E-state index contributed by atoms with van der Waals surface area (Å²) in [6.07, 6.45) is -0.926. The monoisotopic (exact) mass is 448 g/mol. The molecule has 2 amide bonds. The molecule has 9 heteroatoms. The molecular weight excluding hydrogens is 416 g/mol. The number of allylic oxidation sites excluding steroid dienone is 1. The number of carbonyl (C=O) groups is 3. The zero-order valence-corrected chi connectivity index (χ0v) is 19.2. The van der Waals surface area contributed by atoms with E-state index in [-0.39, 0.29) is 24.6 Å². The number of ether oxygens (including phenoxy) is 3. The molecule has 0 aromatic heterocycles. The van der Waals surface area contributed by atoms with Crippen LogP contribution < -0.4 is 5.32 Å². The summed E-state index contributed by atoms with van der Waals surface area (Å²) < 4.78 is 17.2. The predicted molar refractivity (Wildman–Crippen MR) is 116 cm³/mol. The van der Waals surface area contributed by atoms with Crippen LogP contribution in [0.4, 0.5) is 0 Å². The van der Waals surface area contributed by atoms with Gasteiger partial charge in [0.25, 0.3) is 5.91 Å². The van der Waals surface area contributed by atoms with Gasteiger partial charge < -0.3 is 24.6 Å². The van der Waals surface area contributed by atoms with E-state index in [2.05, 4.69) is 5.32 Å². The van der Waals surface area contributed by atoms with Crippen LogP contribution in [0.15, 0.2) is 41.6 Å². The van der Waals surface area contributed by atoms with Crippen molar-refractivity contribution < 1.29 is 33.7 Å². The van der Waals surface area contributed by atoms with Crippen molar-refractivity contribution in [3.05, 3.63) is 47.2 Å². The lowest BCUT2D eigenvalue weighted by Gasteiger charge is -2.47. The van der Waals surface area contributed by atoms with Gasteiger partial charge in [0, 0.05) is 13.2 Å². The highest BCUT2D eigenvalue weighted by Gasteiger charge is 2.53. The number of hydrogen-bond acceptors (Lipinski definition) is 6. The first kappa shape index (κ1) is 25.5. The van der Waals surface area contributed by atoms with Crippen LogP contribution in [0.25, 0.3) is 0 Å². The standard InChI is InChI=1S/C23H32N2O7/c1-6-31-23(5,32-7-2)14-30-21-18(20(27)25(21)19(15(3)4)22(28)29)24-17(26)13-16-11-9-8-10-12-16/h8-12,18,21H,6-7,13-14H2,1-5H3,(H,24,26)(H,28,29). The fourth-order valence-corrected chi connectivity index (χ4v) is 3.54. The third-order valence-electron chi connectivity index (χ3n) is 4.90. The summed E-state index contributed by atoms with van der Waals surface area (Å²) in [6, 6.07) is 8.09. The number of benzene rings is 1. The Hall–Kier alpha value is -2.75. The molecule has 32 heavy (non-hydrogen) atoms. The summed E-state index contributed by atoms with van der Waals surface area (Å²) in [6.45, 7) is 9.21. The molecule has 2 unspecified atom stereocenters. The number of aliphatic carboxylic acids is 1. The van der Waals surface area contributed by atoms with Crippen molar-refractivity contribution in [1.29, 1.82) is 0 Å². The molecule has 1 aromatic rings. The number of nitrogens with one attached hydrogen (secondary N) is 1. The van der Waals surface area contributed by atoms with Crippen molar-refractivity contribution in [2.24, 2.45) is 0 Å². The Labute approximate surface area is 188 Å². The molecule has 0 saturated carbocycles. The number of likely N-dealkylation sites (tertiary alicyclic amines) is 1. The number of nitrogens with zero attached hydrogens (tertiary/aromatic N) is 1. The number of carbonyl (C=O) groups excluding carboxylic acids is 2. The second-order valence-corrected chi connectivity index (χ2v) is 7.77. The lowest BCUT2D eigenvalue weighted by atomic mass is 10.0. The van der Waals surface area contributed by atoms with Crippen LogP contribution in [-0.2, 0) is 35.0 Å². The van der Waals surface area contributed by atoms with Crippen LogP contribution in [0, 0.1) is 0 Å². The van der Waals surface area contributed by atoms with Crippen LogP contribution in [0.5, 0.6) is 0 Å². The molecule has 1 aliphatic heterocycles. The molecule has 1 heterocycles. The Balaban J connectivity index is 2.21. The van der Waals surface area contributed by atoms with Gasteiger partial charge in [-0.3, -0.25) is 14.5 Å². The van der Waals surface area contributed by atoms with Gasteiger partial charge in [-0.1, -0.05) is 30.3 Å². The van der Waals surface area contributed by atoms with Crippen LogP contribution in [0.3, 0.4) is 0 Å². The zero-order valence-electron chi connectivity index (χ0n) is 19.2. The molecule has 176 valence electrons. The lowest BCUT2D eigenvalue weighted by Crippen LogP contribution is -2.72. The van der Waals surface area contributed by atoms with Crippen molar-refractivity contribution in [3.8, 4) is 0 Å². The number of carboxylic acids is 1. The second-order valence-electron chi connectivity index (χ2n) is 7.77. The molecule has 1 saturated heterocycles. The van der Waals surface area contributed by atoms with Gasteiger partial charge >= 0.3 is 5.97 Å². The summed E-state index contributed by atoms with van der Waals surface area (Å²) in [5, 5.41) is 12.3. The van der Waals surface area contributed by atoms with Crippen LogP contribution in [-0.4, -0.2) is 65.7 Å². The smallest absolute Gasteiger partial charge is 0.352 e. The van der Waals surface area contributed by atoms with Crippen LogP contribution in [0.1, 0.15) is 40.2 Å². The van der Waals surface area contributed by atoms with E-state index in [1.165, 1.54) is 0 Å². The molecule has 9 nitrogen and oxygen atoms in total. The highest BCUT2D eigenvalue weighted by atomic mass is 16.7. The number of carboxylic acid groups (broad SMARTS) is 1. The Morgan fingerprint density at radius 3 is 2.22 bits per heavy atom. The molecule has 1 aliphatic rings. The minimum atomic E-state index is -1.25. The number of rotatable bonds is 12. The highest BCUT2D eigenvalue weighted by Crippen LogP contribution is 2.30. The Kier molecular flexibility index (Phi) is 8.94. The molecule has 2 N–H and O–H groups in total. The number of hydrogen-bond donors (Lipinski definition) is 2. The van der Waals surface area contributed by atoms with Crippen molar-refractivity contribution in [1.82, 2.24) is 10.2 Å². The number of amides is 2. The van der Waals surface area contributed by atoms with Gasteiger partial charge in [0.15, 0.2) is 18.1 Å². The van der Waals surface area contributed by atoms with E-state index < -0.39 is 29.9 Å². The maximum Gasteiger partial charge on any atom is 0.352 e. The summed E-state index contributed by atoms with van der Waals surface area (Å²) in [5.74, 6) is -3.25. The van der Waals surface area contributed by atoms with E-state index in [9.17, 15) is 19.5 Å². The van der Waals surface area contributed by atoms with Gasteiger partial charge in [0.2, 0.25) is 5.91 Å². The summed E-state index contributed by atoms with van der Waals surface area (Å²) in [5.41, 5.74) is 1.05. The maximum atomic E-state index is 12.9. The van der Waals surface area contributed by atoms with Gasteiger partial charge in [-0.15, -0.1) is 0 Å². The summed E-state index contributed by atoms with van der Waals surface area (Å²) >= 11 is 0. The third kappa shape index (κ3) is 6.15. The lowest BCUT2D eigenvalue weighted by molar-refractivity contribution is -0.266. The SMILES string of the molecule is CCOC(C)(COC1C(NC(=O)Cc2ccccc2)C(=O)N1C(C(=O)O)=C(C)C)OCC. The first-order valence-electron chi connectivity index (χ1n) is 10.6. The van der Waals surface area contributed by atoms with Crippen LogP contribution in [0.2, 0.25) is 0 Å². The number of β-lactam (4-membered cyclic amide) rings is 1. The molecule has 0 bridgehead atoms.